The van der Waals surface area contributed by atoms with Gasteiger partial charge >= 0.3 is 0 Å². The Kier molecular flexibility index (Phi) is 5.09. The standard InChI is InChI=1S/C18H24N2O/c1-5-21-18-12-14(2)6-11-17(18)19-13-15-7-9-16(10-8-15)20(3)4/h6-12,19H,5,13H2,1-4H3. The van der Waals surface area contributed by atoms with Gasteiger partial charge in [-0.05, 0) is 49.2 Å². The largest absolute Gasteiger partial charge is 0.492 e. The van der Waals surface area contributed by atoms with Gasteiger partial charge < -0.3 is 15.0 Å². The molecule has 112 valence electrons. The van der Waals surface area contributed by atoms with Crippen LogP contribution in [0.15, 0.2) is 42.5 Å². The second-order valence-corrected chi connectivity index (χ2v) is 5.35. The zero-order valence-corrected chi connectivity index (χ0v) is 13.3. The second-order valence-electron chi connectivity index (χ2n) is 5.35. The van der Waals surface area contributed by atoms with Crippen molar-refractivity contribution in [3.63, 3.8) is 0 Å². The van der Waals surface area contributed by atoms with Crippen molar-refractivity contribution < 1.29 is 4.74 Å². The van der Waals surface area contributed by atoms with Crippen LogP contribution < -0.4 is 15.0 Å². The molecule has 3 heteroatoms. The van der Waals surface area contributed by atoms with E-state index in [0.717, 1.165) is 18.0 Å². The first-order valence-corrected chi connectivity index (χ1v) is 7.33. The number of aryl methyl sites for hydroxylation is 1. The maximum atomic E-state index is 5.69. The van der Waals surface area contributed by atoms with Crippen molar-refractivity contribution in [3.05, 3.63) is 53.6 Å². The SMILES string of the molecule is CCOc1cc(C)ccc1NCc1ccc(N(C)C)cc1. The van der Waals surface area contributed by atoms with E-state index in [9.17, 15) is 0 Å². The number of rotatable bonds is 6. The molecule has 0 saturated heterocycles. The quantitative estimate of drug-likeness (QED) is 0.865. The van der Waals surface area contributed by atoms with Gasteiger partial charge in [0.05, 0.1) is 12.3 Å². The van der Waals surface area contributed by atoms with Gasteiger partial charge in [-0.2, -0.15) is 0 Å². The maximum Gasteiger partial charge on any atom is 0.142 e. The molecule has 0 fully saturated rings. The van der Waals surface area contributed by atoms with Crippen molar-refractivity contribution in [1.82, 2.24) is 0 Å². The Balaban J connectivity index is 2.05. The lowest BCUT2D eigenvalue weighted by Crippen LogP contribution is -2.08. The number of nitrogens with one attached hydrogen (secondary N) is 1. The van der Waals surface area contributed by atoms with Crippen molar-refractivity contribution >= 4 is 11.4 Å². The predicted molar refractivity (Wildman–Crippen MR) is 90.4 cm³/mol. The molecular weight excluding hydrogens is 260 g/mol. The highest BCUT2D eigenvalue weighted by Crippen LogP contribution is 2.26. The van der Waals surface area contributed by atoms with Gasteiger partial charge in [0.25, 0.3) is 0 Å². The molecule has 0 bridgehead atoms. The number of benzene rings is 2. The van der Waals surface area contributed by atoms with E-state index in [1.807, 2.05) is 21.0 Å². The predicted octanol–water partition coefficient (Wildman–Crippen LogP) is 4.07. The van der Waals surface area contributed by atoms with Crippen LogP contribution in [0, 0.1) is 6.92 Å². The molecule has 0 spiro atoms. The first-order valence-electron chi connectivity index (χ1n) is 7.33. The zero-order valence-electron chi connectivity index (χ0n) is 13.3. The molecular formula is C18H24N2O. The number of hydrogen-bond acceptors (Lipinski definition) is 3. The Morgan fingerprint density at radius 3 is 2.38 bits per heavy atom. The summed E-state index contributed by atoms with van der Waals surface area (Å²) < 4.78 is 5.69. The summed E-state index contributed by atoms with van der Waals surface area (Å²) in [5.41, 5.74) is 4.71. The van der Waals surface area contributed by atoms with Gasteiger partial charge in [0, 0.05) is 26.3 Å². The van der Waals surface area contributed by atoms with Crippen molar-refractivity contribution in [1.29, 1.82) is 0 Å². The minimum Gasteiger partial charge on any atom is -0.492 e. The van der Waals surface area contributed by atoms with Gasteiger partial charge in [-0.15, -0.1) is 0 Å². The number of anilines is 2. The second kappa shape index (κ2) is 7.02. The first kappa shape index (κ1) is 15.2. The van der Waals surface area contributed by atoms with Crippen LogP contribution in [-0.2, 0) is 6.54 Å². The topological polar surface area (TPSA) is 24.5 Å². The van der Waals surface area contributed by atoms with Crippen LogP contribution >= 0.6 is 0 Å². The van der Waals surface area contributed by atoms with Crippen molar-refractivity contribution in [3.8, 4) is 5.75 Å². The van der Waals surface area contributed by atoms with Crippen molar-refractivity contribution in [2.24, 2.45) is 0 Å². The zero-order chi connectivity index (χ0) is 15.2. The van der Waals surface area contributed by atoms with Gasteiger partial charge in [-0.1, -0.05) is 18.2 Å². The molecule has 1 N–H and O–H groups in total. The van der Waals surface area contributed by atoms with Crippen LogP contribution in [-0.4, -0.2) is 20.7 Å². The normalized spacial score (nSPS) is 10.3. The van der Waals surface area contributed by atoms with Crippen LogP contribution in [0.5, 0.6) is 5.75 Å². The Morgan fingerprint density at radius 1 is 1.05 bits per heavy atom. The summed E-state index contributed by atoms with van der Waals surface area (Å²) in [6.07, 6.45) is 0. The molecule has 0 unspecified atom stereocenters. The monoisotopic (exact) mass is 284 g/mol. The van der Waals surface area contributed by atoms with E-state index in [1.165, 1.54) is 16.8 Å². The Morgan fingerprint density at radius 2 is 1.76 bits per heavy atom. The van der Waals surface area contributed by atoms with E-state index >= 15 is 0 Å². The molecule has 0 aliphatic rings. The summed E-state index contributed by atoms with van der Waals surface area (Å²) >= 11 is 0. The summed E-state index contributed by atoms with van der Waals surface area (Å²) in [5.74, 6) is 0.919. The molecule has 2 aromatic carbocycles. The highest BCUT2D eigenvalue weighted by Gasteiger charge is 2.04. The Hall–Kier alpha value is -2.16. The molecule has 0 radical (unpaired) electrons. The molecule has 21 heavy (non-hydrogen) atoms. The molecule has 0 heterocycles. The van der Waals surface area contributed by atoms with E-state index < -0.39 is 0 Å². The highest BCUT2D eigenvalue weighted by atomic mass is 16.5. The average Bonchev–Trinajstić information content (AvgIpc) is 2.47. The van der Waals surface area contributed by atoms with Crippen molar-refractivity contribution in [2.45, 2.75) is 20.4 Å². The van der Waals surface area contributed by atoms with E-state index in [4.69, 9.17) is 4.74 Å². The van der Waals surface area contributed by atoms with E-state index in [1.54, 1.807) is 0 Å². The van der Waals surface area contributed by atoms with Gasteiger partial charge in [0.15, 0.2) is 0 Å². The molecule has 3 nitrogen and oxygen atoms in total. The molecule has 0 saturated carbocycles. The first-order chi connectivity index (χ1) is 10.1. The molecule has 0 aliphatic carbocycles. The van der Waals surface area contributed by atoms with Gasteiger partial charge in [-0.3, -0.25) is 0 Å². The molecule has 0 atom stereocenters. The third kappa shape index (κ3) is 4.15. The van der Waals surface area contributed by atoms with Crippen LogP contribution in [0.3, 0.4) is 0 Å². The molecule has 0 amide bonds. The minimum absolute atomic E-state index is 0.676. The lowest BCUT2D eigenvalue weighted by molar-refractivity contribution is 0.341. The van der Waals surface area contributed by atoms with Crippen LogP contribution in [0.25, 0.3) is 0 Å². The number of nitrogens with zero attached hydrogens (tertiary/aromatic N) is 1. The maximum absolute atomic E-state index is 5.69. The van der Waals surface area contributed by atoms with Crippen LogP contribution in [0.2, 0.25) is 0 Å². The molecule has 2 aromatic rings. The Labute approximate surface area is 127 Å². The van der Waals surface area contributed by atoms with Crippen LogP contribution in [0.1, 0.15) is 18.1 Å². The fraction of sp³-hybridized carbons (Fsp3) is 0.333. The Bertz CT molecular complexity index is 576. The van der Waals surface area contributed by atoms with Gasteiger partial charge in [0.1, 0.15) is 5.75 Å². The molecule has 0 aromatic heterocycles. The molecule has 0 aliphatic heterocycles. The third-order valence-corrected chi connectivity index (χ3v) is 3.37. The average molecular weight is 284 g/mol. The summed E-state index contributed by atoms with van der Waals surface area (Å²) in [5, 5.41) is 3.45. The fourth-order valence-electron chi connectivity index (χ4n) is 2.16. The lowest BCUT2D eigenvalue weighted by Gasteiger charge is -2.15. The van der Waals surface area contributed by atoms with Gasteiger partial charge in [-0.25, -0.2) is 0 Å². The van der Waals surface area contributed by atoms with E-state index in [-0.39, 0.29) is 0 Å². The smallest absolute Gasteiger partial charge is 0.142 e. The lowest BCUT2D eigenvalue weighted by atomic mass is 10.1. The summed E-state index contributed by atoms with van der Waals surface area (Å²) in [4.78, 5) is 2.10. The summed E-state index contributed by atoms with van der Waals surface area (Å²) in [6.45, 7) is 5.55. The highest BCUT2D eigenvalue weighted by molar-refractivity contribution is 5.58. The number of ether oxygens (including phenoxy) is 1. The summed E-state index contributed by atoms with van der Waals surface area (Å²) in [6, 6.07) is 14.8. The third-order valence-electron chi connectivity index (χ3n) is 3.37. The van der Waals surface area contributed by atoms with E-state index in [2.05, 4.69) is 59.6 Å². The van der Waals surface area contributed by atoms with Crippen LogP contribution in [0.4, 0.5) is 11.4 Å². The van der Waals surface area contributed by atoms with Gasteiger partial charge in [0.2, 0.25) is 0 Å². The minimum atomic E-state index is 0.676. The number of hydrogen-bond donors (Lipinski definition) is 1. The van der Waals surface area contributed by atoms with E-state index in [0.29, 0.717) is 6.61 Å². The molecule has 2 rings (SSSR count). The summed E-state index contributed by atoms with van der Waals surface area (Å²) in [7, 11) is 4.10. The fourth-order valence-corrected chi connectivity index (χ4v) is 2.16. The van der Waals surface area contributed by atoms with Crippen molar-refractivity contribution in [2.75, 3.05) is 30.9 Å².